The van der Waals surface area contributed by atoms with Crippen LogP contribution in [-0.2, 0) is 14.3 Å². The summed E-state index contributed by atoms with van der Waals surface area (Å²) in [5.74, 6) is 0.584. The van der Waals surface area contributed by atoms with E-state index in [1.807, 2.05) is 6.92 Å². The minimum atomic E-state index is -0.0786. The van der Waals surface area contributed by atoms with E-state index in [4.69, 9.17) is 9.84 Å². The van der Waals surface area contributed by atoms with Crippen molar-refractivity contribution in [3.05, 3.63) is 0 Å². The van der Waals surface area contributed by atoms with E-state index < -0.39 is 0 Å². The average Bonchev–Trinajstić information content (AvgIpc) is 2.47. The molecular formula is C13H24N2O4S. The number of hydrogen-bond acceptors (Lipinski definition) is 5. The van der Waals surface area contributed by atoms with E-state index in [9.17, 15) is 9.59 Å². The number of nitrogens with zero attached hydrogens (tertiary/aromatic N) is 1. The summed E-state index contributed by atoms with van der Waals surface area (Å²) in [5, 5.41) is 11.7. The summed E-state index contributed by atoms with van der Waals surface area (Å²) >= 11 is 1.33. The van der Waals surface area contributed by atoms with Crippen LogP contribution in [0, 0.1) is 0 Å². The Labute approximate surface area is 124 Å². The number of aliphatic hydroxyl groups excluding tert-OH is 1. The Morgan fingerprint density at radius 3 is 2.65 bits per heavy atom. The third kappa shape index (κ3) is 6.58. The molecule has 1 heterocycles. The van der Waals surface area contributed by atoms with E-state index in [0.717, 1.165) is 6.42 Å². The standard InChI is InChI=1S/C13H24N2O4S/c1-2-11(3-6-16)14-12(17)9-20-10-13(18)15-4-7-19-8-5-15/h11,16H,2-10H2,1H3,(H,14,17). The van der Waals surface area contributed by atoms with Crippen LogP contribution in [0.4, 0.5) is 0 Å². The summed E-state index contributed by atoms with van der Waals surface area (Å²) in [4.78, 5) is 25.3. The molecule has 6 nitrogen and oxygen atoms in total. The molecule has 1 rings (SSSR count). The summed E-state index contributed by atoms with van der Waals surface area (Å²) in [6.07, 6.45) is 1.36. The van der Waals surface area contributed by atoms with E-state index in [1.54, 1.807) is 4.90 Å². The van der Waals surface area contributed by atoms with E-state index >= 15 is 0 Å². The normalized spacial score (nSPS) is 16.8. The molecule has 1 fully saturated rings. The number of carbonyl (C=O) groups excluding carboxylic acids is 2. The predicted molar refractivity (Wildman–Crippen MR) is 78.6 cm³/mol. The first-order chi connectivity index (χ1) is 9.67. The zero-order valence-corrected chi connectivity index (χ0v) is 12.8. The first-order valence-electron chi connectivity index (χ1n) is 7.00. The summed E-state index contributed by atoms with van der Waals surface area (Å²) in [6, 6.07) is 0.0167. The van der Waals surface area contributed by atoms with Gasteiger partial charge in [-0.15, -0.1) is 11.8 Å². The Hall–Kier alpha value is -0.790. The van der Waals surface area contributed by atoms with E-state index in [0.29, 0.717) is 38.5 Å². The van der Waals surface area contributed by atoms with Crippen molar-refractivity contribution >= 4 is 23.6 Å². The van der Waals surface area contributed by atoms with Crippen molar-refractivity contribution in [2.45, 2.75) is 25.8 Å². The smallest absolute Gasteiger partial charge is 0.232 e. The lowest BCUT2D eigenvalue weighted by atomic mass is 10.1. The lowest BCUT2D eigenvalue weighted by Crippen LogP contribution is -2.42. The number of ether oxygens (including phenoxy) is 1. The molecule has 1 aliphatic rings. The van der Waals surface area contributed by atoms with Crippen LogP contribution in [-0.4, -0.2) is 72.3 Å². The Balaban J connectivity index is 2.15. The largest absolute Gasteiger partial charge is 0.396 e. The first-order valence-corrected chi connectivity index (χ1v) is 8.16. The minimum Gasteiger partial charge on any atom is -0.396 e. The van der Waals surface area contributed by atoms with Gasteiger partial charge < -0.3 is 20.1 Å². The molecule has 2 amide bonds. The van der Waals surface area contributed by atoms with Crippen molar-refractivity contribution in [3.8, 4) is 0 Å². The number of aliphatic hydroxyl groups is 1. The van der Waals surface area contributed by atoms with Gasteiger partial charge in [0.25, 0.3) is 0 Å². The highest BCUT2D eigenvalue weighted by Crippen LogP contribution is 2.06. The second-order valence-corrected chi connectivity index (χ2v) is 5.66. The van der Waals surface area contributed by atoms with Gasteiger partial charge in [0.1, 0.15) is 0 Å². The number of morpholine rings is 1. The monoisotopic (exact) mass is 304 g/mol. The molecular weight excluding hydrogens is 280 g/mol. The van der Waals surface area contributed by atoms with Crippen LogP contribution >= 0.6 is 11.8 Å². The molecule has 116 valence electrons. The number of carbonyl (C=O) groups is 2. The number of rotatable bonds is 8. The van der Waals surface area contributed by atoms with Gasteiger partial charge in [-0.1, -0.05) is 6.92 Å². The Morgan fingerprint density at radius 2 is 2.05 bits per heavy atom. The molecule has 1 atom stereocenters. The average molecular weight is 304 g/mol. The Morgan fingerprint density at radius 1 is 1.35 bits per heavy atom. The third-order valence-corrected chi connectivity index (χ3v) is 4.08. The molecule has 7 heteroatoms. The van der Waals surface area contributed by atoms with E-state index in [1.165, 1.54) is 11.8 Å². The van der Waals surface area contributed by atoms with E-state index in [2.05, 4.69) is 5.32 Å². The minimum absolute atomic E-state index is 0.0167. The fraction of sp³-hybridized carbons (Fsp3) is 0.846. The van der Waals surface area contributed by atoms with Gasteiger partial charge in [0, 0.05) is 25.7 Å². The van der Waals surface area contributed by atoms with Crippen molar-refractivity contribution in [2.24, 2.45) is 0 Å². The van der Waals surface area contributed by atoms with Gasteiger partial charge in [-0.25, -0.2) is 0 Å². The van der Waals surface area contributed by atoms with Gasteiger partial charge in [0.15, 0.2) is 0 Å². The van der Waals surface area contributed by atoms with Gasteiger partial charge in [-0.2, -0.15) is 0 Å². The van der Waals surface area contributed by atoms with Crippen molar-refractivity contribution in [1.29, 1.82) is 0 Å². The third-order valence-electron chi connectivity index (χ3n) is 3.16. The molecule has 1 unspecified atom stereocenters. The maximum absolute atomic E-state index is 11.8. The van der Waals surface area contributed by atoms with Crippen LogP contribution in [0.1, 0.15) is 19.8 Å². The van der Waals surface area contributed by atoms with Crippen LogP contribution in [0.25, 0.3) is 0 Å². The SMILES string of the molecule is CCC(CCO)NC(=O)CSCC(=O)N1CCOCC1. The highest BCUT2D eigenvalue weighted by molar-refractivity contribution is 8.00. The topological polar surface area (TPSA) is 78.9 Å². The summed E-state index contributed by atoms with van der Waals surface area (Å²) in [5.41, 5.74) is 0. The molecule has 20 heavy (non-hydrogen) atoms. The Bertz CT molecular complexity index is 309. The molecule has 0 aromatic rings. The molecule has 0 saturated carbocycles. The second kappa shape index (κ2) is 10.0. The zero-order valence-electron chi connectivity index (χ0n) is 12.0. The highest BCUT2D eigenvalue weighted by atomic mass is 32.2. The molecule has 0 aliphatic carbocycles. The molecule has 0 bridgehead atoms. The molecule has 0 radical (unpaired) electrons. The van der Waals surface area contributed by atoms with Gasteiger partial charge in [0.05, 0.1) is 24.7 Å². The van der Waals surface area contributed by atoms with Gasteiger partial charge in [-0.3, -0.25) is 9.59 Å². The fourth-order valence-corrected chi connectivity index (χ4v) is 2.67. The molecule has 0 aromatic carbocycles. The van der Waals surface area contributed by atoms with Crippen LogP contribution in [0.5, 0.6) is 0 Å². The van der Waals surface area contributed by atoms with Crippen molar-refractivity contribution in [3.63, 3.8) is 0 Å². The van der Waals surface area contributed by atoms with Crippen molar-refractivity contribution < 1.29 is 19.4 Å². The van der Waals surface area contributed by atoms with Crippen LogP contribution in [0.2, 0.25) is 0 Å². The highest BCUT2D eigenvalue weighted by Gasteiger charge is 2.17. The maximum Gasteiger partial charge on any atom is 0.232 e. The first kappa shape index (κ1) is 17.3. The molecule has 1 aliphatic heterocycles. The molecule has 2 N–H and O–H groups in total. The Kier molecular flexibility index (Phi) is 8.64. The quantitative estimate of drug-likeness (QED) is 0.652. The van der Waals surface area contributed by atoms with Crippen LogP contribution < -0.4 is 5.32 Å². The summed E-state index contributed by atoms with van der Waals surface area (Å²) in [6.45, 7) is 4.50. The predicted octanol–water partition coefficient (Wildman–Crippen LogP) is -0.144. The zero-order chi connectivity index (χ0) is 14.8. The summed E-state index contributed by atoms with van der Waals surface area (Å²) in [7, 11) is 0. The van der Waals surface area contributed by atoms with Crippen molar-refractivity contribution in [2.75, 3.05) is 44.4 Å². The van der Waals surface area contributed by atoms with Gasteiger partial charge in [0.2, 0.25) is 11.8 Å². The fourth-order valence-electron chi connectivity index (χ4n) is 1.94. The number of amides is 2. The van der Waals surface area contributed by atoms with Gasteiger partial charge in [-0.05, 0) is 12.8 Å². The van der Waals surface area contributed by atoms with Crippen molar-refractivity contribution in [1.82, 2.24) is 10.2 Å². The van der Waals surface area contributed by atoms with Gasteiger partial charge >= 0.3 is 0 Å². The molecule has 0 spiro atoms. The van der Waals surface area contributed by atoms with Crippen LogP contribution in [0.15, 0.2) is 0 Å². The molecule has 0 aromatic heterocycles. The number of thioether (sulfide) groups is 1. The lowest BCUT2D eigenvalue weighted by Gasteiger charge is -2.26. The second-order valence-electron chi connectivity index (χ2n) is 4.67. The van der Waals surface area contributed by atoms with E-state index in [-0.39, 0.29) is 30.2 Å². The lowest BCUT2D eigenvalue weighted by molar-refractivity contribution is -0.132. The summed E-state index contributed by atoms with van der Waals surface area (Å²) < 4.78 is 5.19. The maximum atomic E-state index is 11.8. The molecule has 1 saturated heterocycles. The number of hydrogen-bond donors (Lipinski definition) is 2. The van der Waals surface area contributed by atoms with Crippen LogP contribution in [0.3, 0.4) is 0 Å². The number of nitrogens with one attached hydrogen (secondary N) is 1.